The molecule has 0 aliphatic rings. The van der Waals surface area contributed by atoms with E-state index in [0.29, 0.717) is 29.3 Å². The van der Waals surface area contributed by atoms with Crippen molar-refractivity contribution in [1.82, 2.24) is 9.71 Å². The molecule has 152 valence electrons. The van der Waals surface area contributed by atoms with Crippen molar-refractivity contribution >= 4 is 15.7 Å². The predicted molar refractivity (Wildman–Crippen MR) is 105 cm³/mol. The fraction of sp³-hybridized carbons (Fsp3) is 0.211. The highest BCUT2D eigenvalue weighted by Gasteiger charge is 2.20. The average molecular weight is 417 g/mol. The van der Waals surface area contributed by atoms with Gasteiger partial charge in [-0.1, -0.05) is 6.07 Å². The molecule has 0 unspecified atom stereocenters. The van der Waals surface area contributed by atoms with Crippen molar-refractivity contribution in [3.63, 3.8) is 0 Å². The summed E-state index contributed by atoms with van der Waals surface area (Å²) in [5.74, 6) is 1.13. The Morgan fingerprint density at radius 2 is 1.93 bits per heavy atom. The number of nitro benzene ring substituents is 1. The fourth-order valence-electron chi connectivity index (χ4n) is 2.67. The zero-order chi connectivity index (χ0) is 21.0. The number of aromatic nitrogens is 1. The first-order valence-electron chi connectivity index (χ1n) is 8.63. The van der Waals surface area contributed by atoms with Gasteiger partial charge in [0.15, 0.2) is 0 Å². The highest BCUT2D eigenvalue weighted by atomic mass is 32.2. The van der Waals surface area contributed by atoms with Crippen molar-refractivity contribution in [3.05, 3.63) is 70.1 Å². The number of sulfonamides is 1. The number of non-ortho nitro benzene ring substituents is 1. The summed E-state index contributed by atoms with van der Waals surface area (Å²) in [5, 5.41) is 10.9. The number of aryl methyl sites for hydroxylation is 1. The molecule has 0 radical (unpaired) electrons. The minimum Gasteiger partial charge on any atom is -0.497 e. The van der Waals surface area contributed by atoms with Crippen LogP contribution in [0.1, 0.15) is 11.3 Å². The predicted octanol–water partition coefficient (Wildman–Crippen LogP) is 3.09. The number of nitrogens with one attached hydrogen (secondary N) is 1. The molecule has 0 saturated carbocycles. The van der Waals surface area contributed by atoms with E-state index in [9.17, 15) is 18.5 Å². The van der Waals surface area contributed by atoms with Gasteiger partial charge in [0.2, 0.25) is 15.9 Å². The average Bonchev–Trinajstić information content (AvgIpc) is 3.16. The first kappa shape index (κ1) is 20.5. The Balaban J connectivity index is 1.66. The first-order chi connectivity index (χ1) is 13.8. The van der Waals surface area contributed by atoms with Gasteiger partial charge in [-0.3, -0.25) is 10.1 Å². The van der Waals surface area contributed by atoms with Crippen molar-refractivity contribution in [2.45, 2.75) is 18.2 Å². The Bertz CT molecular complexity index is 1120. The molecule has 9 nitrogen and oxygen atoms in total. The zero-order valence-electron chi connectivity index (χ0n) is 15.8. The standard InChI is InChI=1S/C19H19N3O6S/c1-13-3-6-16(22(23)24)11-18(13)29(25,26)20-10-9-15-12-28-19(21-15)14-4-7-17(27-2)8-5-14/h3-8,11-12,20H,9-10H2,1-2H3. The topological polar surface area (TPSA) is 125 Å². The number of rotatable bonds is 8. The van der Waals surface area contributed by atoms with E-state index in [2.05, 4.69) is 9.71 Å². The van der Waals surface area contributed by atoms with Gasteiger partial charge in [-0.05, 0) is 36.8 Å². The number of nitrogens with zero attached hydrogens (tertiary/aromatic N) is 2. The third-order valence-corrected chi connectivity index (χ3v) is 5.84. The van der Waals surface area contributed by atoms with Crippen molar-refractivity contribution in [1.29, 1.82) is 0 Å². The number of nitro groups is 1. The minimum absolute atomic E-state index is 0.0685. The summed E-state index contributed by atoms with van der Waals surface area (Å²) in [4.78, 5) is 14.5. The van der Waals surface area contributed by atoms with Gasteiger partial charge in [0.25, 0.3) is 5.69 Å². The smallest absolute Gasteiger partial charge is 0.270 e. The maximum absolute atomic E-state index is 12.5. The second-order valence-electron chi connectivity index (χ2n) is 6.23. The normalized spacial score (nSPS) is 11.4. The second-order valence-corrected chi connectivity index (χ2v) is 7.96. The maximum atomic E-state index is 12.5. The van der Waals surface area contributed by atoms with Crippen molar-refractivity contribution in [2.75, 3.05) is 13.7 Å². The number of benzene rings is 2. The third kappa shape index (κ3) is 4.79. The largest absolute Gasteiger partial charge is 0.497 e. The molecule has 1 N–H and O–H groups in total. The Hall–Kier alpha value is -3.24. The monoisotopic (exact) mass is 417 g/mol. The lowest BCUT2D eigenvalue weighted by molar-refractivity contribution is -0.385. The van der Waals surface area contributed by atoms with Crippen LogP contribution in [0, 0.1) is 17.0 Å². The number of ether oxygens (including phenoxy) is 1. The maximum Gasteiger partial charge on any atom is 0.270 e. The van der Waals surface area contributed by atoms with Gasteiger partial charge in [0.1, 0.15) is 12.0 Å². The first-order valence-corrected chi connectivity index (χ1v) is 10.1. The zero-order valence-corrected chi connectivity index (χ0v) is 16.6. The SMILES string of the molecule is COc1ccc(-c2nc(CCNS(=O)(=O)c3cc([N+](=O)[O-])ccc3C)co2)cc1. The van der Waals surface area contributed by atoms with E-state index < -0.39 is 14.9 Å². The van der Waals surface area contributed by atoms with Crippen LogP contribution in [0.2, 0.25) is 0 Å². The molecule has 0 aliphatic heterocycles. The van der Waals surface area contributed by atoms with E-state index in [-0.39, 0.29) is 17.1 Å². The van der Waals surface area contributed by atoms with Crippen molar-refractivity contribution in [3.8, 4) is 17.2 Å². The molecule has 0 bridgehead atoms. The van der Waals surface area contributed by atoms with Gasteiger partial charge in [-0.2, -0.15) is 0 Å². The van der Waals surface area contributed by atoms with E-state index in [1.54, 1.807) is 26.2 Å². The molecule has 2 aromatic carbocycles. The summed E-state index contributed by atoms with van der Waals surface area (Å²) in [6.45, 7) is 1.65. The molecule has 0 amide bonds. The number of hydrogen-bond acceptors (Lipinski definition) is 7. The number of oxazole rings is 1. The third-order valence-electron chi connectivity index (χ3n) is 4.23. The quantitative estimate of drug-likeness (QED) is 0.441. The Kier molecular flexibility index (Phi) is 5.95. The van der Waals surface area contributed by atoms with Crippen LogP contribution in [0.25, 0.3) is 11.5 Å². The van der Waals surface area contributed by atoms with Crippen LogP contribution in [0.4, 0.5) is 5.69 Å². The van der Waals surface area contributed by atoms with Crippen LogP contribution < -0.4 is 9.46 Å². The van der Waals surface area contributed by atoms with Crippen LogP contribution in [0.3, 0.4) is 0 Å². The molecular formula is C19H19N3O6S. The van der Waals surface area contributed by atoms with E-state index >= 15 is 0 Å². The van der Waals surface area contributed by atoms with Gasteiger partial charge in [-0.25, -0.2) is 18.1 Å². The molecule has 1 heterocycles. The summed E-state index contributed by atoms with van der Waals surface area (Å²) >= 11 is 0. The van der Waals surface area contributed by atoms with Gasteiger partial charge in [-0.15, -0.1) is 0 Å². The molecule has 0 fully saturated rings. The van der Waals surface area contributed by atoms with Crippen LogP contribution in [-0.2, 0) is 16.4 Å². The lowest BCUT2D eigenvalue weighted by Gasteiger charge is -2.08. The van der Waals surface area contributed by atoms with Crippen LogP contribution in [0.15, 0.2) is 58.0 Å². The van der Waals surface area contributed by atoms with Crippen LogP contribution in [-0.4, -0.2) is 32.0 Å². The molecule has 29 heavy (non-hydrogen) atoms. The summed E-state index contributed by atoms with van der Waals surface area (Å²) in [6, 6.07) is 10.9. The summed E-state index contributed by atoms with van der Waals surface area (Å²) < 4.78 is 38.0. The van der Waals surface area contributed by atoms with Crippen molar-refractivity contribution in [2.24, 2.45) is 0 Å². The Morgan fingerprint density at radius 3 is 2.59 bits per heavy atom. The molecule has 0 atom stereocenters. The molecule has 0 aliphatic carbocycles. The van der Waals surface area contributed by atoms with Gasteiger partial charge in [0, 0.05) is 30.7 Å². The fourth-order valence-corrected chi connectivity index (χ4v) is 3.97. The molecule has 10 heteroatoms. The van der Waals surface area contributed by atoms with Crippen LogP contribution >= 0.6 is 0 Å². The van der Waals surface area contributed by atoms with E-state index in [4.69, 9.17) is 9.15 Å². The van der Waals surface area contributed by atoms with E-state index in [1.165, 1.54) is 18.4 Å². The summed E-state index contributed by atoms with van der Waals surface area (Å²) in [7, 11) is -2.32. The lowest BCUT2D eigenvalue weighted by Crippen LogP contribution is -2.26. The van der Waals surface area contributed by atoms with Crippen molar-refractivity contribution < 1.29 is 22.5 Å². The number of methoxy groups -OCH3 is 1. The van der Waals surface area contributed by atoms with Gasteiger partial charge in [0.05, 0.1) is 22.6 Å². The Morgan fingerprint density at radius 1 is 1.21 bits per heavy atom. The van der Waals surface area contributed by atoms with Gasteiger partial charge < -0.3 is 9.15 Å². The minimum atomic E-state index is -3.90. The molecule has 0 saturated heterocycles. The van der Waals surface area contributed by atoms with E-state index in [0.717, 1.165) is 11.6 Å². The molecular weight excluding hydrogens is 398 g/mol. The summed E-state index contributed by atoms with van der Waals surface area (Å²) in [6.07, 6.45) is 1.76. The molecule has 1 aromatic heterocycles. The highest BCUT2D eigenvalue weighted by Crippen LogP contribution is 2.23. The highest BCUT2D eigenvalue weighted by molar-refractivity contribution is 7.89. The van der Waals surface area contributed by atoms with Gasteiger partial charge >= 0.3 is 0 Å². The Labute approximate surface area is 167 Å². The summed E-state index contributed by atoms with van der Waals surface area (Å²) in [5.41, 5.74) is 1.49. The lowest BCUT2D eigenvalue weighted by atomic mass is 10.2. The second kappa shape index (κ2) is 8.41. The number of hydrogen-bond donors (Lipinski definition) is 1. The van der Waals surface area contributed by atoms with Crippen LogP contribution in [0.5, 0.6) is 5.75 Å². The van der Waals surface area contributed by atoms with E-state index in [1.807, 2.05) is 12.1 Å². The molecule has 3 rings (SSSR count). The molecule has 0 spiro atoms. The molecule has 3 aromatic rings.